The molecule has 1 amide bonds. The summed E-state index contributed by atoms with van der Waals surface area (Å²) in [4.78, 5) is 12.8. The van der Waals surface area contributed by atoms with Crippen molar-refractivity contribution in [3.05, 3.63) is 94.0 Å². The largest absolute Gasteiger partial charge is 0.354 e. The number of carbonyl (C=O) groups is 1. The van der Waals surface area contributed by atoms with Crippen LogP contribution in [0.4, 0.5) is 5.69 Å². The van der Waals surface area contributed by atoms with Crippen LogP contribution in [0.1, 0.15) is 17.5 Å². The second kappa shape index (κ2) is 12.5. The molecule has 180 valence electrons. The van der Waals surface area contributed by atoms with Gasteiger partial charge in [0.2, 0.25) is 5.91 Å². The van der Waals surface area contributed by atoms with Crippen molar-refractivity contribution >= 4 is 56.6 Å². The Hall–Kier alpha value is -2.19. The third-order valence-electron chi connectivity index (χ3n) is 5.10. The molecule has 0 saturated carbocycles. The smallest absolute Gasteiger partial charge is 0.264 e. The monoisotopic (exact) mass is 536 g/mol. The number of sulfonamides is 1. The normalized spacial score (nSPS) is 11.3. The first kappa shape index (κ1) is 26.4. The number of benzene rings is 3. The average molecular weight is 538 g/mol. The van der Waals surface area contributed by atoms with Crippen LogP contribution < -0.4 is 9.62 Å². The molecule has 5 nitrogen and oxygen atoms in total. The average Bonchev–Trinajstić information content (AvgIpc) is 2.83. The first-order valence-corrected chi connectivity index (χ1v) is 14.1. The number of amides is 1. The van der Waals surface area contributed by atoms with E-state index in [2.05, 4.69) is 5.32 Å². The molecular formula is C25H26Cl2N2O3S2. The van der Waals surface area contributed by atoms with E-state index in [9.17, 15) is 13.2 Å². The molecule has 0 unspecified atom stereocenters. The van der Waals surface area contributed by atoms with Gasteiger partial charge >= 0.3 is 0 Å². The van der Waals surface area contributed by atoms with Gasteiger partial charge in [-0.2, -0.15) is 11.8 Å². The van der Waals surface area contributed by atoms with Gasteiger partial charge in [-0.15, -0.1) is 0 Å². The zero-order chi connectivity index (χ0) is 24.6. The molecule has 3 rings (SSSR count). The topological polar surface area (TPSA) is 66.5 Å². The molecule has 0 aliphatic carbocycles. The highest BCUT2D eigenvalue weighted by Gasteiger charge is 2.28. The molecule has 34 heavy (non-hydrogen) atoms. The molecule has 0 aliphatic heterocycles. The molecule has 1 N–H and O–H groups in total. The summed E-state index contributed by atoms with van der Waals surface area (Å²) in [6, 6.07) is 20.8. The van der Waals surface area contributed by atoms with E-state index < -0.39 is 10.0 Å². The Balaban J connectivity index is 1.60. The van der Waals surface area contributed by atoms with E-state index in [1.54, 1.807) is 55.1 Å². The van der Waals surface area contributed by atoms with Crippen LogP contribution in [0.5, 0.6) is 0 Å². The van der Waals surface area contributed by atoms with E-state index in [-0.39, 0.29) is 17.3 Å². The Bertz CT molecular complexity index is 1200. The van der Waals surface area contributed by atoms with E-state index >= 15 is 0 Å². The summed E-state index contributed by atoms with van der Waals surface area (Å²) in [5, 5.41) is 3.99. The van der Waals surface area contributed by atoms with E-state index in [4.69, 9.17) is 23.2 Å². The predicted octanol–water partition coefficient (Wildman–Crippen LogP) is 5.94. The van der Waals surface area contributed by atoms with Crippen molar-refractivity contribution < 1.29 is 13.2 Å². The summed E-state index contributed by atoms with van der Waals surface area (Å²) in [6.45, 7) is 1.86. The lowest BCUT2D eigenvalue weighted by Gasteiger charge is -2.26. The zero-order valence-corrected chi connectivity index (χ0v) is 21.9. The molecule has 3 aromatic rings. The Labute approximate surface area is 215 Å². The number of halogens is 2. The fourth-order valence-corrected chi connectivity index (χ4v) is 5.96. The Kier molecular flexibility index (Phi) is 9.71. The summed E-state index contributed by atoms with van der Waals surface area (Å²) in [7, 11) is -3.96. The van der Waals surface area contributed by atoms with Gasteiger partial charge in [0.1, 0.15) is 6.54 Å². The molecule has 0 atom stereocenters. The summed E-state index contributed by atoms with van der Waals surface area (Å²) < 4.78 is 27.9. The van der Waals surface area contributed by atoms with Gasteiger partial charge in [0, 0.05) is 22.3 Å². The van der Waals surface area contributed by atoms with Crippen molar-refractivity contribution in [1.29, 1.82) is 0 Å². The number of thioether (sulfide) groups is 1. The van der Waals surface area contributed by atoms with Crippen LogP contribution in [-0.2, 0) is 20.6 Å². The molecule has 0 saturated heterocycles. The third-order valence-corrected chi connectivity index (χ3v) is 8.65. The van der Waals surface area contributed by atoms with Crippen molar-refractivity contribution in [2.45, 2.75) is 24.0 Å². The van der Waals surface area contributed by atoms with Gasteiger partial charge in [0.15, 0.2) is 0 Å². The van der Waals surface area contributed by atoms with Crippen molar-refractivity contribution in [1.82, 2.24) is 5.32 Å². The van der Waals surface area contributed by atoms with E-state index in [1.807, 2.05) is 24.3 Å². The molecule has 0 radical (unpaired) electrons. The highest BCUT2D eigenvalue weighted by atomic mass is 35.5. The summed E-state index contributed by atoms with van der Waals surface area (Å²) in [5.41, 5.74) is 2.16. The van der Waals surface area contributed by atoms with Crippen molar-refractivity contribution in [3.8, 4) is 0 Å². The van der Waals surface area contributed by atoms with Crippen molar-refractivity contribution in [3.63, 3.8) is 0 Å². The number of anilines is 1. The van der Waals surface area contributed by atoms with Gasteiger partial charge in [-0.25, -0.2) is 8.42 Å². The highest BCUT2D eigenvalue weighted by molar-refractivity contribution is 7.98. The summed E-state index contributed by atoms with van der Waals surface area (Å²) >= 11 is 13.9. The second-order valence-corrected chi connectivity index (χ2v) is 11.4. The number of carbonyl (C=O) groups excluding carboxylic acids is 1. The summed E-state index contributed by atoms with van der Waals surface area (Å²) in [5.74, 6) is 1.35. The van der Waals surface area contributed by atoms with Gasteiger partial charge in [-0.3, -0.25) is 9.10 Å². The number of nitrogens with one attached hydrogen (secondary N) is 1. The SMILES string of the molecule is Cc1c(Cl)cccc1N(CC(=O)NCCCSCc1ccc(Cl)cc1)S(=O)(=O)c1ccccc1. The molecule has 0 aliphatic rings. The lowest BCUT2D eigenvalue weighted by molar-refractivity contribution is -0.119. The van der Waals surface area contributed by atoms with E-state index in [0.717, 1.165) is 22.2 Å². The van der Waals surface area contributed by atoms with E-state index in [0.29, 0.717) is 27.8 Å². The third kappa shape index (κ3) is 7.15. The van der Waals surface area contributed by atoms with Crippen molar-refractivity contribution in [2.24, 2.45) is 0 Å². The molecule has 3 aromatic carbocycles. The van der Waals surface area contributed by atoms with Gasteiger partial charge < -0.3 is 5.32 Å². The van der Waals surface area contributed by atoms with Crippen LogP contribution in [0.3, 0.4) is 0 Å². The van der Waals surface area contributed by atoms with Crippen LogP contribution in [0.2, 0.25) is 10.0 Å². The first-order chi connectivity index (χ1) is 16.3. The van der Waals surface area contributed by atoms with Gasteiger partial charge in [0.25, 0.3) is 10.0 Å². The highest BCUT2D eigenvalue weighted by Crippen LogP contribution is 2.30. The van der Waals surface area contributed by atoms with Gasteiger partial charge in [-0.1, -0.05) is 59.6 Å². The Morgan fingerprint density at radius 3 is 2.38 bits per heavy atom. The molecule has 0 aromatic heterocycles. The van der Waals surface area contributed by atoms with Crippen LogP contribution >= 0.6 is 35.0 Å². The lowest BCUT2D eigenvalue weighted by atomic mass is 10.2. The quantitative estimate of drug-likeness (QED) is 0.308. The maximum atomic E-state index is 13.4. The molecule has 0 bridgehead atoms. The zero-order valence-electron chi connectivity index (χ0n) is 18.7. The molecule has 9 heteroatoms. The molecule has 0 spiro atoms. The minimum Gasteiger partial charge on any atom is -0.354 e. The minimum absolute atomic E-state index is 0.112. The minimum atomic E-state index is -3.96. The van der Waals surface area contributed by atoms with Crippen LogP contribution in [-0.4, -0.2) is 33.2 Å². The van der Waals surface area contributed by atoms with Gasteiger partial charge in [-0.05, 0) is 66.6 Å². The van der Waals surface area contributed by atoms with Gasteiger partial charge in [0.05, 0.1) is 10.6 Å². The van der Waals surface area contributed by atoms with E-state index in [1.165, 1.54) is 17.7 Å². The molecule has 0 fully saturated rings. The molecular weight excluding hydrogens is 511 g/mol. The number of nitrogens with zero attached hydrogens (tertiary/aromatic N) is 1. The van der Waals surface area contributed by atoms with Crippen LogP contribution in [0.15, 0.2) is 77.7 Å². The fraction of sp³-hybridized carbons (Fsp3) is 0.240. The fourth-order valence-electron chi connectivity index (χ4n) is 3.24. The molecule has 0 heterocycles. The standard InChI is InChI=1S/C25H26Cl2N2O3S2/c1-19-23(27)9-5-10-24(19)29(34(31,32)22-7-3-2-4-8-22)17-25(30)28-15-6-16-33-18-20-11-13-21(26)14-12-20/h2-5,7-14H,6,15-18H2,1H3,(H,28,30). The van der Waals surface area contributed by atoms with Crippen molar-refractivity contribution in [2.75, 3.05) is 23.1 Å². The van der Waals surface area contributed by atoms with Crippen LogP contribution in [0, 0.1) is 6.92 Å². The second-order valence-electron chi connectivity index (χ2n) is 7.59. The first-order valence-electron chi connectivity index (χ1n) is 10.7. The number of hydrogen-bond donors (Lipinski definition) is 1. The maximum Gasteiger partial charge on any atom is 0.264 e. The van der Waals surface area contributed by atoms with Crippen LogP contribution in [0.25, 0.3) is 0 Å². The maximum absolute atomic E-state index is 13.4. The lowest BCUT2D eigenvalue weighted by Crippen LogP contribution is -2.41. The Morgan fingerprint density at radius 2 is 1.68 bits per heavy atom. The Morgan fingerprint density at radius 1 is 0.971 bits per heavy atom. The number of hydrogen-bond acceptors (Lipinski definition) is 4. The predicted molar refractivity (Wildman–Crippen MR) is 142 cm³/mol. The summed E-state index contributed by atoms with van der Waals surface area (Å²) in [6.07, 6.45) is 0.769. The number of rotatable bonds is 11.